The average Bonchev–Trinajstić information content (AvgIpc) is 2.37. The molecule has 0 aromatic heterocycles. The van der Waals surface area contributed by atoms with Gasteiger partial charge in [0.1, 0.15) is 23.1 Å². The molecular weight excluding hydrogens is 348 g/mol. The van der Waals surface area contributed by atoms with Crippen molar-refractivity contribution in [3.8, 4) is 11.5 Å². The van der Waals surface area contributed by atoms with Gasteiger partial charge in [-0.2, -0.15) is 0 Å². The molecule has 0 spiro atoms. The second kappa shape index (κ2) is 6.32. The van der Waals surface area contributed by atoms with Crippen LogP contribution in [-0.4, -0.2) is 38.7 Å². The molecule has 0 radical (unpaired) electrons. The van der Waals surface area contributed by atoms with Gasteiger partial charge in [-0.15, -0.1) is 0 Å². The molecular formula is C13H17BrO5S. The molecule has 0 fully saturated rings. The lowest BCUT2D eigenvalue weighted by atomic mass is 10.0. The van der Waals surface area contributed by atoms with E-state index < -0.39 is 15.9 Å². The average molecular weight is 365 g/mol. The molecule has 1 atom stereocenters. The Labute approximate surface area is 126 Å². The summed E-state index contributed by atoms with van der Waals surface area (Å²) in [5.41, 5.74) is 0.689. The highest BCUT2D eigenvalue weighted by Crippen LogP contribution is 2.40. The van der Waals surface area contributed by atoms with Gasteiger partial charge in [0.15, 0.2) is 11.5 Å². The van der Waals surface area contributed by atoms with Gasteiger partial charge in [0.2, 0.25) is 0 Å². The van der Waals surface area contributed by atoms with Crippen LogP contribution in [0.1, 0.15) is 24.5 Å². The summed E-state index contributed by atoms with van der Waals surface area (Å²) in [6.07, 6.45) is 1.29. The van der Waals surface area contributed by atoms with E-state index in [0.29, 0.717) is 43.1 Å². The van der Waals surface area contributed by atoms with Crippen molar-refractivity contribution < 1.29 is 23.0 Å². The monoisotopic (exact) mass is 364 g/mol. The first-order valence-electron chi connectivity index (χ1n) is 6.31. The summed E-state index contributed by atoms with van der Waals surface area (Å²) in [5, 5.41) is 10.1. The number of rotatable bonds is 5. The predicted octanol–water partition coefficient (Wildman–Crippen LogP) is 2.08. The van der Waals surface area contributed by atoms with E-state index in [1.807, 2.05) is 0 Å². The summed E-state index contributed by atoms with van der Waals surface area (Å²) < 4.78 is 33.8. The van der Waals surface area contributed by atoms with E-state index in [2.05, 4.69) is 15.9 Å². The quantitative estimate of drug-likeness (QED) is 0.865. The zero-order chi connectivity index (χ0) is 14.8. The summed E-state index contributed by atoms with van der Waals surface area (Å²) >= 11 is 3.39. The number of fused-ring (bicyclic) bond motifs is 1. The van der Waals surface area contributed by atoms with Crippen LogP contribution in [0.2, 0.25) is 0 Å². The van der Waals surface area contributed by atoms with Crippen molar-refractivity contribution in [2.45, 2.75) is 18.9 Å². The molecule has 1 aliphatic rings. The van der Waals surface area contributed by atoms with Gasteiger partial charge in [-0.3, -0.25) is 0 Å². The maximum Gasteiger partial charge on any atom is 0.175 e. The van der Waals surface area contributed by atoms with E-state index in [1.54, 1.807) is 12.1 Å². The Balaban J connectivity index is 2.06. The second-order valence-corrected chi connectivity index (χ2v) is 7.93. The topological polar surface area (TPSA) is 72.8 Å². The van der Waals surface area contributed by atoms with E-state index in [-0.39, 0.29) is 5.75 Å². The molecule has 2 rings (SSSR count). The maximum atomic E-state index is 11.1. The number of halogens is 1. The largest absolute Gasteiger partial charge is 0.486 e. The summed E-state index contributed by atoms with van der Waals surface area (Å²) in [7, 11) is -2.99. The lowest BCUT2D eigenvalue weighted by Crippen LogP contribution is -2.16. The standard InChI is InChI=1S/C13H17BrO5S/c1-20(16,17)6-2-3-11(15)9-7-10(14)13-12(8-9)18-4-5-19-13/h7-8,11,15H,2-6H2,1H3. The number of hydrogen-bond donors (Lipinski definition) is 1. The van der Waals surface area contributed by atoms with Crippen molar-refractivity contribution in [1.82, 2.24) is 0 Å². The summed E-state index contributed by atoms with van der Waals surface area (Å²) in [6.45, 7) is 0.981. The van der Waals surface area contributed by atoms with Gasteiger partial charge < -0.3 is 14.6 Å². The zero-order valence-electron chi connectivity index (χ0n) is 11.1. The molecule has 1 aromatic carbocycles. The van der Waals surface area contributed by atoms with Gasteiger partial charge in [0.25, 0.3) is 0 Å². The number of ether oxygens (including phenoxy) is 2. The lowest BCUT2D eigenvalue weighted by molar-refractivity contribution is 0.158. The molecule has 0 amide bonds. The van der Waals surface area contributed by atoms with Crippen LogP contribution in [0.3, 0.4) is 0 Å². The molecule has 1 N–H and O–H groups in total. The Hall–Kier alpha value is -0.790. The van der Waals surface area contributed by atoms with Gasteiger partial charge in [-0.1, -0.05) is 0 Å². The first-order valence-corrected chi connectivity index (χ1v) is 9.17. The van der Waals surface area contributed by atoms with Crippen LogP contribution in [0.4, 0.5) is 0 Å². The second-order valence-electron chi connectivity index (χ2n) is 4.81. The Morgan fingerprint density at radius 3 is 2.75 bits per heavy atom. The fourth-order valence-electron chi connectivity index (χ4n) is 2.03. The van der Waals surface area contributed by atoms with Gasteiger partial charge in [0.05, 0.1) is 10.6 Å². The highest BCUT2D eigenvalue weighted by atomic mass is 79.9. The van der Waals surface area contributed by atoms with Crippen LogP contribution in [0.15, 0.2) is 16.6 Å². The van der Waals surface area contributed by atoms with Crippen LogP contribution >= 0.6 is 15.9 Å². The Morgan fingerprint density at radius 2 is 2.05 bits per heavy atom. The molecule has 1 aromatic rings. The Morgan fingerprint density at radius 1 is 1.35 bits per heavy atom. The third-order valence-electron chi connectivity index (χ3n) is 3.00. The van der Waals surface area contributed by atoms with Crippen LogP contribution in [0.25, 0.3) is 0 Å². The molecule has 0 bridgehead atoms. The van der Waals surface area contributed by atoms with E-state index in [1.165, 1.54) is 6.26 Å². The van der Waals surface area contributed by atoms with Gasteiger partial charge in [-0.25, -0.2) is 8.42 Å². The van der Waals surface area contributed by atoms with Crippen LogP contribution < -0.4 is 9.47 Å². The van der Waals surface area contributed by atoms with E-state index >= 15 is 0 Å². The molecule has 1 aliphatic heterocycles. The minimum absolute atomic E-state index is 0.0791. The molecule has 5 nitrogen and oxygen atoms in total. The summed E-state index contributed by atoms with van der Waals surface area (Å²) in [4.78, 5) is 0. The lowest BCUT2D eigenvalue weighted by Gasteiger charge is -2.21. The smallest absolute Gasteiger partial charge is 0.175 e. The van der Waals surface area contributed by atoms with Crippen molar-refractivity contribution in [1.29, 1.82) is 0 Å². The fraction of sp³-hybridized carbons (Fsp3) is 0.538. The molecule has 20 heavy (non-hydrogen) atoms. The van der Waals surface area contributed by atoms with Crippen LogP contribution in [0.5, 0.6) is 11.5 Å². The first kappa shape index (κ1) is 15.6. The summed E-state index contributed by atoms with van der Waals surface area (Å²) in [6, 6.07) is 3.52. The molecule has 1 heterocycles. The van der Waals surface area contributed by atoms with Crippen LogP contribution in [0, 0.1) is 0 Å². The maximum absolute atomic E-state index is 11.1. The molecule has 0 saturated carbocycles. The van der Waals surface area contributed by atoms with E-state index in [4.69, 9.17) is 9.47 Å². The fourth-order valence-corrected chi connectivity index (χ4v) is 3.29. The van der Waals surface area contributed by atoms with E-state index in [0.717, 1.165) is 4.47 Å². The molecule has 7 heteroatoms. The Kier molecular flexibility index (Phi) is 4.93. The third kappa shape index (κ3) is 4.10. The highest BCUT2D eigenvalue weighted by molar-refractivity contribution is 9.10. The third-order valence-corrected chi connectivity index (χ3v) is 4.62. The number of aliphatic hydroxyl groups is 1. The molecule has 0 saturated heterocycles. The molecule has 112 valence electrons. The van der Waals surface area contributed by atoms with Crippen molar-refractivity contribution in [3.63, 3.8) is 0 Å². The van der Waals surface area contributed by atoms with Crippen LogP contribution in [-0.2, 0) is 9.84 Å². The van der Waals surface area contributed by atoms with Crippen molar-refractivity contribution in [2.24, 2.45) is 0 Å². The molecule has 1 unspecified atom stereocenters. The van der Waals surface area contributed by atoms with Gasteiger partial charge in [-0.05, 0) is 46.5 Å². The normalized spacial score (nSPS) is 15.9. The van der Waals surface area contributed by atoms with Gasteiger partial charge in [0, 0.05) is 12.0 Å². The number of benzene rings is 1. The number of sulfone groups is 1. The van der Waals surface area contributed by atoms with Crippen molar-refractivity contribution in [2.75, 3.05) is 25.2 Å². The minimum atomic E-state index is -2.99. The highest BCUT2D eigenvalue weighted by Gasteiger charge is 2.19. The number of aliphatic hydroxyl groups excluding tert-OH is 1. The minimum Gasteiger partial charge on any atom is -0.486 e. The SMILES string of the molecule is CS(=O)(=O)CCCC(O)c1cc(Br)c2c(c1)OCCO2. The van der Waals surface area contributed by atoms with Crippen molar-refractivity contribution >= 4 is 25.8 Å². The van der Waals surface area contributed by atoms with Gasteiger partial charge >= 0.3 is 0 Å². The zero-order valence-corrected chi connectivity index (χ0v) is 13.5. The molecule has 0 aliphatic carbocycles. The predicted molar refractivity (Wildman–Crippen MR) is 79.0 cm³/mol. The summed E-state index contributed by atoms with van der Waals surface area (Å²) in [5.74, 6) is 1.32. The number of hydrogen-bond acceptors (Lipinski definition) is 5. The Bertz CT molecular complexity index is 585. The van der Waals surface area contributed by atoms with E-state index in [9.17, 15) is 13.5 Å². The van der Waals surface area contributed by atoms with Crippen molar-refractivity contribution in [3.05, 3.63) is 22.2 Å². The first-order chi connectivity index (χ1) is 9.37.